The normalized spacial score (nSPS) is 17.7. The molecule has 1 heterocycles. The van der Waals surface area contributed by atoms with Gasteiger partial charge in [0.25, 0.3) is 0 Å². The molecule has 0 aliphatic carbocycles. The minimum Gasteiger partial charge on any atom is -0.494 e. The number of hydrogen-bond donors (Lipinski definition) is 1. The molecule has 1 unspecified atom stereocenters. The summed E-state index contributed by atoms with van der Waals surface area (Å²) in [6.45, 7) is 8.81. The first-order valence-electron chi connectivity index (χ1n) is 15.4. The topological polar surface area (TPSA) is 67.9 Å². The quantitative estimate of drug-likeness (QED) is 0.200. The third-order valence-corrected chi connectivity index (χ3v) is 9.83. The lowest BCUT2D eigenvalue weighted by atomic mass is 9.86. The minimum absolute atomic E-state index is 0.134. The van der Waals surface area contributed by atoms with Gasteiger partial charge in [0, 0.05) is 38.5 Å². The zero-order chi connectivity index (χ0) is 29.0. The molecule has 0 saturated heterocycles. The molecule has 1 aliphatic rings. The van der Waals surface area contributed by atoms with E-state index in [-0.39, 0.29) is 11.8 Å². The van der Waals surface area contributed by atoms with Gasteiger partial charge >= 0.3 is 0 Å². The molecule has 6 nitrogen and oxygen atoms in total. The van der Waals surface area contributed by atoms with Gasteiger partial charge in [0.1, 0.15) is 5.75 Å². The maximum Gasteiger partial charge on any atom is 0.180 e. The average molecular weight is 573 g/mol. The van der Waals surface area contributed by atoms with Crippen molar-refractivity contribution >= 4 is 15.5 Å². The summed E-state index contributed by atoms with van der Waals surface area (Å²) in [5.41, 5.74) is 2.42. The van der Waals surface area contributed by atoms with Crippen molar-refractivity contribution < 1.29 is 17.9 Å². The van der Waals surface area contributed by atoms with Crippen molar-refractivity contribution in [1.82, 2.24) is 5.32 Å². The first-order valence-corrected chi connectivity index (χ1v) is 17.0. The molecule has 3 rings (SSSR count). The number of nitrogens with one attached hydrogen (secondary N) is 1. The zero-order valence-corrected chi connectivity index (χ0v) is 26.3. The van der Waals surface area contributed by atoms with Crippen molar-refractivity contribution in [3.05, 3.63) is 53.6 Å². The molecule has 0 spiro atoms. The molecular weight excluding hydrogens is 520 g/mol. The van der Waals surface area contributed by atoms with Crippen molar-refractivity contribution in [2.75, 3.05) is 44.6 Å². The molecule has 0 amide bonds. The predicted octanol–water partition coefficient (Wildman–Crippen LogP) is 7.31. The predicted molar refractivity (Wildman–Crippen MR) is 166 cm³/mol. The van der Waals surface area contributed by atoms with Gasteiger partial charge in [-0.1, -0.05) is 58.6 Å². The van der Waals surface area contributed by atoms with Crippen LogP contribution in [0, 0.1) is 0 Å². The fourth-order valence-electron chi connectivity index (χ4n) is 5.57. The Morgan fingerprint density at radius 3 is 2.15 bits per heavy atom. The molecule has 0 radical (unpaired) electrons. The first kappa shape index (κ1) is 32.4. The van der Waals surface area contributed by atoms with Gasteiger partial charge in [0.2, 0.25) is 0 Å². The van der Waals surface area contributed by atoms with Crippen LogP contribution in [0.4, 0.5) is 5.69 Å². The summed E-state index contributed by atoms with van der Waals surface area (Å²) in [6.07, 6.45) is 9.97. The highest BCUT2D eigenvalue weighted by Gasteiger charge is 2.42. The second-order valence-electron chi connectivity index (χ2n) is 11.5. The summed E-state index contributed by atoms with van der Waals surface area (Å²) in [5.74, 6) is 0.980. The Morgan fingerprint density at radius 1 is 0.850 bits per heavy atom. The molecule has 0 fully saturated rings. The van der Waals surface area contributed by atoms with Crippen LogP contribution in [0.2, 0.25) is 0 Å². The van der Waals surface area contributed by atoms with Gasteiger partial charge in [-0.2, -0.15) is 0 Å². The van der Waals surface area contributed by atoms with Crippen molar-refractivity contribution in [3.63, 3.8) is 0 Å². The fourth-order valence-corrected chi connectivity index (χ4v) is 7.64. The molecule has 0 aromatic heterocycles. The Kier molecular flexibility index (Phi) is 12.8. The number of benzene rings is 2. The van der Waals surface area contributed by atoms with Crippen molar-refractivity contribution in [1.29, 1.82) is 0 Å². The van der Waals surface area contributed by atoms with Crippen LogP contribution in [0.3, 0.4) is 0 Å². The van der Waals surface area contributed by atoms with Gasteiger partial charge in [0.15, 0.2) is 9.84 Å². The number of fused-ring (bicyclic) bond motifs is 1. The molecule has 1 aliphatic heterocycles. The van der Waals surface area contributed by atoms with Gasteiger partial charge < -0.3 is 14.4 Å². The Hall–Kier alpha value is -2.09. The molecule has 1 N–H and O–H groups in total. The molecule has 1 atom stereocenters. The summed E-state index contributed by atoms with van der Waals surface area (Å²) in [6, 6.07) is 13.8. The van der Waals surface area contributed by atoms with Gasteiger partial charge in [-0.15, -0.1) is 0 Å². The summed E-state index contributed by atoms with van der Waals surface area (Å²) >= 11 is 0. The highest BCUT2D eigenvalue weighted by molar-refractivity contribution is 7.91. The Bertz CT molecular complexity index is 1120. The molecule has 224 valence electrons. The molecule has 2 aromatic rings. The third kappa shape index (κ3) is 8.95. The standard InChI is InChI=1S/C33H52N2O4S/c1-6-9-20-33(21-10-7-2)26-40(36,37)31-19-16-28(35(4)5)25-30(31)32(34-33)27-14-17-29(18-15-27)39-24-13-11-12-23-38-22-8-3/h14-19,25,32,34H,6-13,20-24,26H2,1-5H3. The second-order valence-corrected chi connectivity index (χ2v) is 13.5. The lowest BCUT2D eigenvalue weighted by Gasteiger charge is -2.37. The molecular formula is C33H52N2O4S. The SMILES string of the molecule is CCCCC1(CCCC)CS(=O)(=O)c2ccc(N(C)C)cc2C(c2ccc(OCCCCCOCCC)cc2)N1. The Labute approximate surface area is 243 Å². The zero-order valence-electron chi connectivity index (χ0n) is 25.5. The van der Waals surface area contributed by atoms with E-state index in [1.807, 2.05) is 43.3 Å². The van der Waals surface area contributed by atoms with Crippen LogP contribution in [0.1, 0.15) is 102 Å². The molecule has 0 bridgehead atoms. The minimum atomic E-state index is -3.48. The van der Waals surface area contributed by atoms with E-state index in [9.17, 15) is 8.42 Å². The van der Waals surface area contributed by atoms with Gasteiger partial charge in [0.05, 0.1) is 23.3 Å². The van der Waals surface area contributed by atoms with Gasteiger partial charge in [-0.05, 0) is 80.0 Å². The van der Waals surface area contributed by atoms with Crippen LogP contribution in [0.15, 0.2) is 47.4 Å². The lowest BCUT2D eigenvalue weighted by molar-refractivity contribution is 0.129. The Balaban J connectivity index is 1.88. The number of rotatable bonds is 17. The number of unbranched alkanes of at least 4 members (excludes halogenated alkanes) is 4. The largest absolute Gasteiger partial charge is 0.494 e. The second kappa shape index (κ2) is 15.8. The maximum absolute atomic E-state index is 13.9. The van der Waals surface area contributed by atoms with Crippen LogP contribution in [-0.2, 0) is 14.6 Å². The van der Waals surface area contributed by atoms with Crippen LogP contribution in [0.25, 0.3) is 0 Å². The van der Waals surface area contributed by atoms with Crippen LogP contribution >= 0.6 is 0 Å². The van der Waals surface area contributed by atoms with Crippen LogP contribution in [-0.4, -0.2) is 53.6 Å². The van der Waals surface area contributed by atoms with E-state index in [1.54, 1.807) is 0 Å². The van der Waals surface area contributed by atoms with E-state index in [2.05, 4.69) is 44.3 Å². The summed E-state index contributed by atoms with van der Waals surface area (Å²) < 4.78 is 39.4. The molecule has 40 heavy (non-hydrogen) atoms. The summed E-state index contributed by atoms with van der Waals surface area (Å²) in [7, 11) is 0.507. The van der Waals surface area contributed by atoms with Crippen molar-refractivity contribution in [2.45, 2.75) is 101 Å². The van der Waals surface area contributed by atoms with E-state index >= 15 is 0 Å². The fraction of sp³-hybridized carbons (Fsp3) is 0.636. The average Bonchev–Trinajstić information content (AvgIpc) is 3.04. The first-order chi connectivity index (χ1) is 19.2. The van der Waals surface area contributed by atoms with E-state index in [1.165, 1.54) is 0 Å². The summed E-state index contributed by atoms with van der Waals surface area (Å²) in [5, 5.41) is 3.94. The van der Waals surface area contributed by atoms with Gasteiger partial charge in [-0.3, -0.25) is 5.32 Å². The van der Waals surface area contributed by atoms with E-state index in [0.29, 0.717) is 11.5 Å². The number of sulfone groups is 1. The molecule has 7 heteroatoms. The number of nitrogens with zero attached hydrogens (tertiary/aromatic N) is 1. The highest BCUT2D eigenvalue weighted by atomic mass is 32.2. The van der Waals surface area contributed by atoms with Crippen LogP contribution in [0.5, 0.6) is 5.75 Å². The van der Waals surface area contributed by atoms with E-state index < -0.39 is 15.4 Å². The van der Waals surface area contributed by atoms with Gasteiger partial charge in [-0.25, -0.2) is 8.42 Å². The summed E-state index contributed by atoms with van der Waals surface area (Å²) in [4.78, 5) is 2.48. The number of anilines is 1. The molecule has 2 aromatic carbocycles. The number of ether oxygens (including phenoxy) is 2. The Morgan fingerprint density at radius 2 is 1.52 bits per heavy atom. The number of hydrogen-bond acceptors (Lipinski definition) is 6. The monoisotopic (exact) mass is 572 g/mol. The maximum atomic E-state index is 13.9. The molecule has 0 saturated carbocycles. The van der Waals surface area contributed by atoms with Crippen molar-refractivity contribution in [2.24, 2.45) is 0 Å². The lowest BCUT2D eigenvalue weighted by Crippen LogP contribution is -2.50. The van der Waals surface area contributed by atoms with E-state index in [0.717, 1.165) is 100.0 Å². The smallest absolute Gasteiger partial charge is 0.180 e. The highest BCUT2D eigenvalue weighted by Crippen LogP contribution is 2.40. The third-order valence-electron chi connectivity index (χ3n) is 7.85. The van der Waals surface area contributed by atoms with E-state index in [4.69, 9.17) is 9.47 Å². The van der Waals surface area contributed by atoms with Crippen LogP contribution < -0.4 is 15.0 Å². The van der Waals surface area contributed by atoms with Crippen molar-refractivity contribution in [3.8, 4) is 5.75 Å².